The highest BCUT2D eigenvalue weighted by molar-refractivity contribution is 9.10. The number of rotatable bonds is 3. The van der Waals surface area contributed by atoms with Crippen molar-refractivity contribution in [2.75, 3.05) is 19.2 Å². The third kappa shape index (κ3) is 2.41. The summed E-state index contributed by atoms with van der Waals surface area (Å²) < 4.78 is 16.4. The normalized spacial score (nSPS) is 12.3. The highest BCUT2D eigenvalue weighted by Gasteiger charge is 2.13. The standard InChI is InChI=1S/C12H10BrN3O3/c1-17-11-8(13)5-14-12(16-11)15-7-2-3-9-10(4-7)19-6-18-9/h2-5H,6H2,1H3,(H,14,15,16). The van der Waals surface area contributed by atoms with E-state index in [4.69, 9.17) is 14.2 Å². The molecule has 2 aromatic rings. The molecule has 1 aliphatic rings. The van der Waals surface area contributed by atoms with E-state index in [0.29, 0.717) is 22.1 Å². The molecule has 0 amide bonds. The Morgan fingerprint density at radius 2 is 2.16 bits per heavy atom. The number of hydrogen-bond acceptors (Lipinski definition) is 6. The van der Waals surface area contributed by atoms with E-state index in [1.807, 2.05) is 18.2 Å². The predicted molar refractivity (Wildman–Crippen MR) is 72.1 cm³/mol. The van der Waals surface area contributed by atoms with Crippen LogP contribution in [0, 0.1) is 0 Å². The molecular weight excluding hydrogens is 314 g/mol. The van der Waals surface area contributed by atoms with E-state index in [9.17, 15) is 0 Å². The Morgan fingerprint density at radius 1 is 1.32 bits per heavy atom. The Hall–Kier alpha value is -2.02. The lowest BCUT2D eigenvalue weighted by Gasteiger charge is -2.07. The van der Waals surface area contributed by atoms with Crippen molar-refractivity contribution in [3.8, 4) is 17.4 Å². The highest BCUT2D eigenvalue weighted by atomic mass is 79.9. The number of ether oxygens (including phenoxy) is 3. The van der Waals surface area contributed by atoms with Gasteiger partial charge in [-0.1, -0.05) is 0 Å². The van der Waals surface area contributed by atoms with Gasteiger partial charge >= 0.3 is 0 Å². The molecule has 0 radical (unpaired) electrons. The number of hydrogen-bond donors (Lipinski definition) is 1. The number of nitrogens with one attached hydrogen (secondary N) is 1. The molecule has 0 spiro atoms. The Balaban J connectivity index is 1.85. The largest absolute Gasteiger partial charge is 0.480 e. The molecule has 7 heteroatoms. The van der Waals surface area contributed by atoms with Gasteiger partial charge in [0.2, 0.25) is 18.6 Å². The van der Waals surface area contributed by atoms with Gasteiger partial charge in [0.1, 0.15) is 0 Å². The molecule has 0 aliphatic carbocycles. The van der Waals surface area contributed by atoms with E-state index in [2.05, 4.69) is 31.2 Å². The minimum absolute atomic E-state index is 0.251. The smallest absolute Gasteiger partial charge is 0.232 e. The van der Waals surface area contributed by atoms with Crippen LogP contribution in [0.5, 0.6) is 17.4 Å². The Morgan fingerprint density at radius 3 is 3.00 bits per heavy atom. The van der Waals surface area contributed by atoms with Gasteiger partial charge in [0.15, 0.2) is 11.5 Å². The van der Waals surface area contributed by atoms with Crippen molar-refractivity contribution in [1.29, 1.82) is 0 Å². The number of methoxy groups -OCH3 is 1. The van der Waals surface area contributed by atoms with Crippen LogP contribution in [0.4, 0.5) is 11.6 Å². The number of fused-ring (bicyclic) bond motifs is 1. The topological polar surface area (TPSA) is 65.5 Å². The second kappa shape index (κ2) is 4.93. The summed E-state index contributed by atoms with van der Waals surface area (Å²) in [6, 6.07) is 5.53. The zero-order valence-corrected chi connectivity index (χ0v) is 11.6. The van der Waals surface area contributed by atoms with E-state index in [1.165, 1.54) is 0 Å². The molecule has 0 bridgehead atoms. The first kappa shape index (κ1) is 12.0. The van der Waals surface area contributed by atoms with Crippen molar-refractivity contribution in [2.45, 2.75) is 0 Å². The summed E-state index contributed by atoms with van der Waals surface area (Å²) in [5, 5.41) is 3.08. The van der Waals surface area contributed by atoms with E-state index in [1.54, 1.807) is 13.3 Å². The van der Waals surface area contributed by atoms with Crippen LogP contribution in [0.15, 0.2) is 28.9 Å². The monoisotopic (exact) mass is 323 g/mol. The summed E-state index contributed by atoms with van der Waals surface area (Å²) in [5.74, 6) is 2.35. The third-order valence-corrected chi connectivity index (χ3v) is 3.08. The number of nitrogens with zero attached hydrogens (tertiary/aromatic N) is 2. The molecule has 0 atom stereocenters. The molecule has 0 saturated heterocycles. The average Bonchev–Trinajstić information content (AvgIpc) is 2.88. The molecule has 1 aliphatic heterocycles. The summed E-state index contributed by atoms with van der Waals surface area (Å²) >= 11 is 3.30. The maximum atomic E-state index is 5.31. The van der Waals surface area contributed by atoms with Crippen molar-refractivity contribution < 1.29 is 14.2 Å². The van der Waals surface area contributed by atoms with Gasteiger partial charge in [0.05, 0.1) is 17.8 Å². The van der Waals surface area contributed by atoms with Gasteiger partial charge in [-0.25, -0.2) is 4.98 Å². The van der Waals surface area contributed by atoms with Crippen LogP contribution < -0.4 is 19.5 Å². The first-order valence-corrected chi connectivity index (χ1v) is 6.29. The lowest BCUT2D eigenvalue weighted by Crippen LogP contribution is -1.99. The SMILES string of the molecule is COc1nc(Nc2ccc3c(c2)OCO3)ncc1Br. The molecule has 0 fully saturated rings. The molecule has 1 N–H and O–H groups in total. The van der Waals surface area contributed by atoms with Crippen LogP contribution >= 0.6 is 15.9 Å². The summed E-state index contributed by atoms with van der Waals surface area (Å²) in [6.45, 7) is 0.251. The van der Waals surface area contributed by atoms with Gasteiger partial charge in [-0.05, 0) is 28.1 Å². The number of anilines is 2. The molecule has 0 saturated carbocycles. The van der Waals surface area contributed by atoms with Gasteiger partial charge in [-0.15, -0.1) is 0 Å². The summed E-state index contributed by atoms with van der Waals surface area (Å²) in [6.07, 6.45) is 1.63. The number of halogens is 1. The predicted octanol–water partition coefficient (Wildman–Crippen LogP) is 2.72. The minimum atomic E-state index is 0.251. The van der Waals surface area contributed by atoms with Gasteiger partial charge in [-0.2, -0.15) is 4.98 Å². The fraction of sp³-hybridized carbons (Fsp3) is 0.167. The summed E-state index contributed by atoms with van der Waals surface area (Å²) in [4.78, 5) is 8.37. The van der Waals surface area contributed by atoms with Gasteiger partial charge in [0.25, 0.3) is 0 Å². The second-order valence-electron chi connectivity index (χ2n) is 3.74. The molecule has 6 nitrogen and oxygen atoms in total. The van der Waals surface area contributed by atoms with Crippen LogP contribution in [0.25, 0.3) is 0 Å². The van der Waals surface area contributed by atoms with Crippen LogP contribution in [-0.2, 0) is 0 Å². The molecule has 2 heterocycles. The number of aromatic nitrogens is 2. The van der Waals surface area contributed by atoms with Crippen molar-refractivity contribution in [2.24, 2.45) is 0 Å². The van der Waals surface area contributed by atoms with E-state index in [0.717, 1.165) is 11.4 Å². The summed E-state index contributed by atoms with van der Waals surface area (Å²) in [5.41, 5.74) is 0.814. The molecule has 98 valence electrons. The first-order chi connectivity index (χ1) is 9.26. The van der Waals surface area contributed by atoms with E-state index >= 15 is 0 Å². The molecule has 1 aromatic carbocycles. The number of benzene rings is 1. The van der Waals surface area contributed by atoms with Gasteiger partial charge < -0.3 is 19.5 Å². The van der Waals surface area contributed by atoms with Crippen molar-refractivity contribution >= 4 is 27.6 Å². The molecule has 19 heavy (non-hydrogen) atoms. The van der Waals surface area contributed by atoms with E-state index < -0.39 is 0 Å². The molecule has 3 rings (SSSR count). The van der Waals surface area contributed by atoms with Crippen molar-refractivity contribution in [3.05, 3.63) is 28.9 Å². The Bertz CT molecular complexity index is 612. The summed E-state index contributed by atoms with van der Waals surface area (Å²) in [7, 11) is 1.55. The lowest BCUT2D eigenvalue weighted by atomic mass is 10.3. The Labute approximate surface area is 117 Å². The fourth-order valence-corrected chi connectivity index (χ4v) is 2.01. The van der Waals surface area contributed by atoms with Crippen LogP contribution in [-0.4, -0.2) is 23.9 Å². The van der Waals surface area contributed by atoms with Crippen LogP contribution in [0.3, 0.4) is 0 Å². The maximum Gasteiger partial charge on any atom is 0.232 e. The van der Waals surface area contributed by atoms with Crippen molar-refractivity contribution in [3.63, 3.8) is 0 Å². The highest BCUT2D eigenvalue weighted by Crippen LogP contribution is 2.35. The van der Waals surface area contributed by atoms with Crippen LogP contribution in [0.1, 0.15) is 0 Å². The average molecular weight is 324 g/mol. The third-order valence-electron chi connectivity index (χ3n) is 2.53. The molecule has 1 aromatic heterocycles. The second-order valence-corrected chi connectivity index (χ2v) is 4.60. The first-order valence-electron chi connectivity index (χ1n) is 5.49. The Kier molecular flexibility index (Phi) is 3.12. The minimum Gasteiger partial charge on any atom is -0.480 e. The molecule has 0 unspecified atom stereocenters. The van der Waals surface area contributed by atoms with Gasteiger partial charge in [-0.3, -0.25) is 0 Å². The van der Waals surface area contributed by atoms with Gasteiger partial charge in [0, 0.05) is 11.8 Å². The quantitative estimate of drug-likeness (QED) is 0.936. The zero-order valence-electron chi connectivity index (χ0n) is 10.0. The maximum absolute atomic E-state index is 5.31. The van der Waals surface area contributed by atoms with E-state index in [-0.39, 0.29) is 6.79 Å². The van der Waals surface area contributed by atoms with Crippen LogP contribution in [0.2, 0.25) is 0 Å². The fourth-order valence-electron chi connectivity index (χ4n) is 1.66. The van der Waals surface area contributed by atoms with Crippen molar-refractivity contribution in [1.82, 2.24) is 9.97 Å². The zero-order chi connectivity index (χ0) is 13.2. The molecular formula is C12H10BrN3O3. The lowest BCUT2D eigenvalue weighted by molar-refractivity contribution is 0.174.